The molecule has 39 heavy (non-hydrogen) atoms. The SMILES string of the molecule is C=Nc1cccc(-c2ccc(C3(CNC(=O)Nc4ccc(Cl)c(C(F)(F)F)c4)CCN(CCC)CC3)cc2)c1. The van der Waals surface area contributed by atoms with Gasteiger partial charge >= 0.3 is 12.2 Å². The van der Waals surface area contributed by atoms with Gasteiger partial charge in [0, 0.05) is 17.6 Å². The van der Waals surface area contributed by atoms with Crippen molar-refractivity contribution < 1.29 is 18.0 Å². The van der Waals surface area contributed by atoms with E-state index in [-0.39, 0.29) is 11.1 Å². The van der Waals surface area contributed by atoms with Crippen LogP contribution >= 0.6 is 11.6 Å². The Labute approximate surface area is 232 Å². The summed E-state index contributed by atoms with van der Waals surface area (Å²) in [6.07, 6.45) is -1.84. The summed E-state index contributed by atoms with van der Waals surface area (Å²) in [5, 5.41) is 5.03. The van der Waals surface area contributed by atoms with Crippen LogP contribution in [0.4, 0.5) is 29.3 Å². The smallest absolute Gasteiger partial charge is 0.337 e. The standard InChI is InChI=1S/C30H32ClF3N4O/c1-3-15-38-16-13-29(14-17-38,23-9-7-21(8-10-23)22-5-4-6-24(18-22)35-2)20-36-28(39)37-25-11-12-27(31)26(19-25)30(32,33)34/h4-12,18-19H,2-3,13-17,20H2,1H3,(H2,36,37,39). The molecule has 1 aliphatic heterocycles. The van der Waals surface area contributed by atoms with Gasteiger partial charge in [0.2, 0.25) is 0 Å². The topological polar surface area (TPSA) is 56.7 Å². The minimum Gasteiger partial charge on any atom is -0.337 e. The highest BCUT2D eigenvalue weighted by molar-refractivity contribution is 6.31. The number of likely N-dealkylation sites (tertiary alicyclic amines) is 1. The van der Waals surface area contributed by atoms with Crippen molar-refractivity contribution in [1.29, 1.82) is 0 Å². The number of carbonyl (C=O) groups is 1. The van der Waals surface area contributed by atoms with Crippen molar-refractivity contribution in [2.75, 3.05) is 31.5 Å². The highest BCUT2D eigenvalue weighted by Gasteiger charge is 2.37. The van der Waals surface area contributed by atoms with Crippen LogP contribution in [0.5, 0.6) is 0 Å². The maximum absolute atomic E-state index is 13.2. The summed E-state index contributed by atoms with van der Waals surface area (Å²) in [5.74, 6) is 0. The lowest BCUT2D eigenvalue weighted by Crippen LogP contribution is -2.49. The number of amides is 2. The van der Waals surface area contributed by atoms with E-state index >= 15 is 0 Å². The fourth-order valence-corrected chi connectivity index (χ4v) is 5.36. The van der Waals surface area contributed by atoms with Crippen molar-refractivity contribution in [3.63, 3.8) is 0 Å². The second kappa shape index (κ2) is 12.2. The zero-order valence-electron chi connectivity index (χ0n) is 21.8. The van der Waals surface area contributed by atoms with Gasteiger partial charge in [-0.1, -0.05) is 54.9 Å². The van der Waals surface area contributed by atoms with E-state index in [0.717, 1.165) is 73.4 Å². The number of halogens is 4. The lowest BCUT2D eigenvalue weighted by molar-refractivity contribution is -0.137. The van der Waals surface area contributed by atoms with Crippen LogP contribution in [-0.4, -0.2) is 43.8 Å². The third-order valence-electron chi connectivity index (χ3n) is 7.33. The van der Waals surface area contributed by atoms with Crippen LogP contribution in [0.1, 0.15) is 37.3 Å². The molecule has 3 aromatic rings. The number of rotatable bonds is 8. The van der Waals surface area contributed by atoms with Gasteiger partial charge in [0.15, 0.2) is 0 Å². The van der Waals surface area contributed by atoms with E-state index in [0.29, 0.717) is 6.54 Å². The summed E-state index contributed by atoms with van der Waals surface area (Å²) in [7, 11) is 0. The number of carbonyl (C=O) groups excluding carboxylic acids is 1. The van der Waals surface area contributed by atoms with Crippen molar-refractivity contribution >= 4 is 35.7 Å². The zero-order valence-corrected chi connectivity index (χ0v) is 22.6. The van der Waals surface area contributed by atoms with Crippen molar-refractivity contribution in [3.8, 4) is 11.1 Å². The number of piperidine rings is 1. The first-order valence-electron chi connectivity index (χ1n) is 13.0. The molecule has 0 aromatic heterocycles. The number of alkyl halides is 3. The predicted molar refractivity (Wildman–Crippen MR) is 152 cm³/mol. The Morgan fingerprint density at radius 2 is 1.77 bits per heavy atom. The van der Waals surface area contributed by atoms with E-state index in [1.54, 1.807) is 0 Å². The van der Waals surface area contributed by atoms with E-state index in [1.165, 1.54) is 6.07 Å². The molecule has 1 saturated heterocycles. The van der Waals surface area contributed by atoms with E-state index in [9.17, 15) is 18.0 Å². The molecular formula is C30H32ClF3N4O. The average Bonchev–Trinajstić information content (AvgIpc) is 2.93. The van der Waals surface area contributed by atoms with Gasteiger partial charge < -0.3 is 15.5 Å². The van der Waals surface area contributed by atoms with E-state index in [2.05, 4.69) is 58.4 Å². The van der Waals surface area contributed by atoms with Crippen LogP contribution in [0.3, 0.4) is 0 Å². The normalized spacial score (nSPS) is 15.5. The molecule has 0 radical (unpaired) electrons. The minimum absolute atomic E-state index is 0.0247. The van der Waals surface area contributed by atoms with Crippen molar-refractivity contribution in [2.45, 2.75) is 37.8 Å². The van der Waals surface area contributed by atoms with E-state index < -0.39 is 22.8 Å². The largest absolute Gasteiger partial charge is 0.417 e. The molecule has 0 saturated carbocycles. The van der Waals surface area contributed by atoms with Crippen molar-refractivity contribution in [1.82, 2.24) is 10.2 Å². The second-order valence-corrected chi connectivity index (χ2v) is 10.3. The Balaban J connectivity index is 1.51. The van der Waals surface area contributed by atoms with Crippen LogP contribution < -0.4 is 10.6 Å². The van der Waals surface area contributed by atoms with Crippen LogP contribution in [0, 0.1) is 0 Å². The first kappa shape index (κ1) is 28.6. The molecule has 9 heteroatoms. The van der Waals surface area contributed by atoms with Gasteiger partial charge in [-0.3, -0.25) is 4.99 Å². The molecule has 1 heterocycles. The number of hydrogen-bond acceptors (Lipinski definition) is 3. The fraction of sp³-hybridized carbons (Fsp3) is 0.333. The van der Waals surface area contributed by atoms with Gasteiger partial charge in [-0.15, -0.1) is 0 Å². The number of anilines is 1. The monoisotopic (exact) mass is 556 g/mol. The molecule has 2 amide bonds. The third kappa shape index (κ3) is 6.99. The number of nitrogens with one attached hydrogen (secondary N) is 2. The van der Waals surface area contributed by atoms with Crippen LogP contribution in [0.15, 0.2) is 71.7 Å². The molecule has 0 atom stereocenters. The molecule has 1 fully saturated rings. The molecule has 0 aliphatic carbocycles. The second-order valence-electron chi connectivity index (χ2n) is 9.91. The molecule has 1 aliphatic rings. The first-order valence-corrected chi connectivity index (χ1v) is 13.3. The Bertz CT molecular complexity index is 1300. The number of aliphatic imine (C=N–C) groups is 1. The van der Waals surface area contributed by atoms with Gasteiger partial charge in [0.1, 0.15) is 0 Å². The average molecular weight is 557 g/mol. The third-order valence-corrected chi connectivity index (χ3v) is 7.66. The summed E-state index contributed by atoms with van der Waals surface area (Å²) >= 11 is 5.71. The summed E-state index contributed by atoms with van der Waals surface area (Å²) in [6.45, 7) is 8.94. The minimum atomic E-state index is -4.61. The van der Waals surface area contributed by atoms with Gasteiger partial charge in [-0.2, -0.15) is 13.2 Å². The Morgan fingerprint density at radius 1 is 1.05 bits per heavy atom. The lowest BCUT2D eigenvalue weighted by Gasteiger charge is -2.42. The number of urea groups is 1. The number of nitrogens with zero attached hydrogens (tertiary/aromatic N) is 2. The predicted octanol–water partition coefficient (Wildman–Crippen LogP) is 7.92. The van der Waals surface area contributed by atoms with E-state index in [4.69, 9.17) is 11.6 Å². The molecule has 4 rings (SSSR count). The Kier molecular flexibility index (Phi) is 8.97. The lowest BCUT2D eigenvalue weighted by atomic mass is 9.72. The van der Waals surface area contributed by atoms with Gasteiger partial charge in [-0.25, -0.2) is 4.79 Å². The zero-order chi connectivity index (χ0) is 28.0. The van der Waals surface area contributed by atoms with Crippen LogP contribution in [-0.2, 0) is 11.6 Å². The first-order chi connectivity index (χ1) is 18.6. The molecule has 0 spiro atoms. The molecule has 2 N–H and O–H groups in total. The summed E-state index contributed by atoms with van der Waals surface area (Å²) in [5.41, 5.74) is 2.74. The fourth-order valence-electron chi connectivity index (χ4n) is 5.13. The Morgan fingerprint density at radius 3 is 2.41 bits per heavy atom. The molecule has 0 unspecified atom stereocenters. The molecule has 206 valence electrons. The highest BCUT2D eigenvalue weighted by atomic mass is 35.5. The molecular weight excluding hydrogens is 525 g/mol. The maximum atomic E-state index is 13.2. The molecule has 0 bridgehead atoms. The quantitative estimate of drug-likeness (QED) is 0.277. The highest BCUT2D eigenvalue weighted by Crippen LogP contribution is 2.38. The van der Waals surface area contributed by atoms with E-state index in [1.807, 2.05) is 24.3 Å². The number of benzene rings is 3. The van der Waals surface area contributed by atoms with Gasteiger partial charge in [-0.05, 0) is 92.6 Å². The summed E-state index contributed by atoms with van der Waals surface area (Å²) < 4.78 is 39.7. The maximum Gasteiger partial charge on any atom is 0.417 e. The van der Waals surface area contributed by atoms with Crippen molar-refractivity contribution in [3.05, 3.63) is 82.9 Å². The van der Waals surface area contributed by atoms with Crippen LogP contribution in [0.2, 0.25) is 5.02 Å². The van der Waals surface area contributed by atoms with Crippen molar-refractivity contribution in [2.24, 2.45) is 4.99 Å². The summed E-state index contributed by atoms with van der Waals surface area (Å²) in [4.78, 5) is 19.2. The Hall–Kier alpha value is -3.36. The van der Waals surface area contributed by atoms with Gasteiger partial charge in [0.05, 0.1) is 16.3 Å². The molecule has 3 aromatic carbocycles. The summed E-state index contributed by atoms with van der Waals surface area (Å²) in [6, 6.07) is 19.0. The van der Waals surface area contributed by atoms with Gasteiger partial charge in [0.25, 0.3) is 0 Å². The van der Waals surface area contributed by atoms with Crippen LogP contribution in [0.25, 0.3) is 11.1 Å². The molecule has 5 nitrogen and oxygen atoms in total. The number of hydrogen-bond donors (Lipinski definition) is 2.